The van der Waals surface area contributed by atoms with Crippen molar-refractivity contribution in [3.8, 4) is 0 Å². The maximum atomic E-state index is 3.59. The first-order valence-electron chi connectivity index (χ1n) is 7.90. The lowest BCUT2D eigenvalue weighted by atomic mass is 9.91. The molecule has 1 heteroatoms. The van der Waals surface area contributed by atoms with Crippen molar-refractivity contribution in [3.63, 3.8) is 0 Å². The highest BCUT2D eigenvalue weighted by atomic mass is 14.8. The van der Waals surface area contributed by atoms with Crippen LogP contribution in [0.1, 0.15) is 63.5 Å². The van der Waals surface area contributed by atoms with Gasteiger partial charge in [0.1, 0.15) is 0 Å². The van der Waals surface area contributed by atoms with Gasteiger partial charge in [0, 0.05) is 6.54 Å². The lowest BCUT2D eigenvalue weighted by molar-refractivity contribution is 0.480. The molecule has 0 saturated heterocycles. The fourth-order valence-corrected chi connectivity index (χ4v) is 2.54. The summed E-state index contributed by atoms with van der Waals surface area (Å²) in [7, 11) is 0. The molecule has 1 N–H and O–H groups in total. The van der Waals surface area contributed by atoms with Crippen molar-refractivity contribution in [1.82, 2.24) is 5.32 Å². The molecule has 0 amide bonds. The molecule has 19 heavy (non-hydrogen) atoms. The zero-order chi connectivity index (χ0) is 14.1. The molecular weight excluding hydrogens is 230 g/mol. The molecule has 0 heterocycles. The summed E-state index contributed by atoms with van der Waals surface area (Å²) in [5, 5.41) is 3.59. The molecule has 1 aromatic carbocycles. The van der Waals surface area contributed by atoms with Gasteiger partial charge in [-0.2, -0.15) is 0 Å². The number of hydrogen-bond donors (Lipinski definition) is 1. The van der Waals surface area contributed by atoms with Gasteiger partial charge in [-0.25, -0.2) is 0 Å². The molecule has 0 spiro atoms. The summed E-state index contributed by atoms with van der Waals surface area (Å²) < 4.78 is 0. The standard InChI is InChI=1S/C18H31N/c1-5-12-19-14-18(11-6-8-15(2)3)17-10-7-9-16(4)13-17/h7,9-10,13,15,18-19H,5-6,8,11-12,14H2,1-4H3. The van der Waals surface area contributed by atoms with Crippen molar-refractivity contribution in [1.29, 1.82) is 0 Å². The van der Waals surface area contributed by atoms with E-state index in [0.717, 1.165) is 19.0 Å². The van der Waals surface area contributed by atoms with E-state index in [1.807, 2.05) is 0 Å². The highest BCUT2D eigenvalue weighted by molar-refractivity contribution is 5.25. The van der Waals surface area contributed by atoms with E-state index in [4.69, 9.17) is 0 Å². The minimum absolute atomic E-state index is 0.671. The first-order chi connectivity index (χ1) is 9.13. The van der Waals surface area contributed by atoms with Crippen LogP contribution in [0.2, 0.25) is 0 Å². The SMILES string of the molecule is CCCNCC(CCCC(C)C)c1cccc(C)c1. The van der Waals surface area contributed by atoms with E-state index in [-0.39, 0.29) is 0 Å². The fourth-order valence-electron chi connectivity index (χ4n) is 2.54. The molecule has 0 bridgehead atoms. The first-order valence-corrected chi connectivity index (χ1v) is 7.90. The molecule has 0 radical (unpaired) electrons. The average molecular weight is 261 g/mol. The normalized spacial score (nSPS) is 12.9. The Morgan fingerprint density at radius 1 is 1.16 bits per heavy atom. The zero-order valence-electron chi connectivity index (χ0n) is 13.2. The van der Waals surface area contributed by atoms with Crippen molar-refractivity contribution in [2.24, 2.45) is 5.92 Å². The molecule has 1 nitrogen and oxygen atoms in total. The summed E-state index contributed by atoms with van der Waals surface area (Å²) in [4.78, 5) is 0. The second kappa shape index (κ2) is 9.14. The van der Waals surface area contributed by atoms with Crippen molar-refractivity contribution < 1.29 is 0 Å². The summed E-state index contributed by atoms with van der Waals surface area (Å²) in [6.45, 7) is 11.3. The quantitative estimate of drug-likeness (QED) is 0.623. The molecule has 1 unspecified atom stereocenters. The molecule has 108 valence electrons. The van der Waals surface area contributed by atoms with Crippen molar-refractivity contribution in [2.75, 3.05) is 13.1 Å². The Labute approximate surface area is 119 Å². The van der Waals surface area contributed by atoms with Gasteiger partial charge in [0.15, 0.2) is 0 Å². The van der Waals surface area contributed by atoms with Crippen LogP contribution in [-0.4, -0.2) is 13.1 Å². The van der Waals surface area contributed by atoms with Gasteiger partial charge in [0.25, 0.3) is 0 Å². The Balaban J connectivity index is 2.57. The van der Waals surface area contributed by atoms with Crippen molar-refractivity contribution >= 4 is 0 Å². The van der Waals surface area contributed by atoms with Gasteiger partial charge in [-0.05, 0) is 43.7 Å². The molecule has 0 saturated carbocycles. The van der Waals surface area contributed by atoms with Crippen LogP contribution in [-0.2, 0) is 0 Å². The van der Waals surface area contributed by atoms with Crippen LogP contribution in [0, 0.1) is 12.8 Å². The van der Waals surface area contributed by atoms with Gasteiger partial charge in [0.2, 0.25) is 0 Å². The van der Waals surface area contributed by atoms with Crippen LogP contribution in [0.3, 0.4) is 0 Å². The van der Waals surface area contributed by atoms with Crippen molar-refractivity contribution in [3.05, 3.63) is 35.4 Å². The summed E-state index contributed by atoms with van der Waals surface area (Å²) in [6, 6.07) is 9.03. The maximum absolute atomic E-state index is 3.59. The number of aryl methyl sites for hydroxylation is 1. The van der Waals surface area contributed by atoms with Crippen LogP contribution in [0.25, 0.3) is 0 Å². The maximum Gasteiger partial charge on any atom is 0.00201 e. The molecule has 0 fully saturated rings. The number of rotatable bonds is 9. The van der Waals surface area contributed by atoms with Crippen LogP contribution < -0.4 is 5.32 Å². The van der Waals surface area contributed by atoms with Gasteiger partial charge in [-0.3, -0.25) is 0 Å². The lowest BCUT2D eigenvalue weighted by Crippen LogP contribution is -2.22. The van der Waals surface area contributed by atoms with Gasteiger partial charge < -0.3 is 5.32 Å². The van der Waals surface area contributed by atoms with Gasteiger partial charge in [-0.15, -0.1) is 0 Å². The van der Waals surface area contributed by atoms with Crippen LogP contribution >= 0.6 is 0 Å². The minimum Gasteiger partial charge on any atom is -0.316 e. The Morgan fingerprint density at radius 3 is 2.58 bits per heavy atom. The number of nitrogens with one attached hydrogen (secondary N) is 1. The van der Waals surface area contributed by atoms with Crippen LogP contribution in [0.4, 0.5) is 0 Å². The molecule has 0 aliphatic heterocycles. The second-order valence-corrected chi connectivity index (χ2v) is 6.14. The van der Waals surface area contributed by atoms with E-state index >= 15 is 0 Å². The number of benzene rings is 1. The molecule has 1 rings (SSSR count). The summed E-state index contributed by atoms with van der Waals surface area (Å²) in [6.07, 6.45) is 5.20. The van der Waals surface area contributed by atoms with E-state index in [9.17, 15) is 0 Å². The fraction of sp³-hybridized carbons (Fsp3) is 0.667. The predicted molar refractivity (Wildman–Crippen MR) is 85.8 cm³/mol. The molecular formula is C18H31N. The third-order valence-corrected chi connectivity index (χ3v) is 3.67. The highest BCUT2D eigenvalue weighted by Gasteiger charge is 2.11. The van der Waals surface area contributed by atoms with Crippen LogP contribution in [0.5, 0.6) is 0 Å². The Bertz CT molecular complexity index is 343. The molecule has 1 aromatic rings. The van der Waals surface area contributed by atoms with E-state index in [1.54, 1.807) is 0 Å². The number of hydrogen-bond acceptors (Lipinski definition) is 1. The average Bonchev–Trinajstić information content (AvgIpc) is 2.37. The van der Waals surface area contributed by atoms with Gasteiger partial charge in [-0.1, -0.05) is 63.4 Å². The third-order valence-electron chi connectivity index (χ3n) is 3.67. The van der Waals surface area contributed by atoms with Gasteiger partial charge in [0.05, 0.1) is 0 Å². The topological polar surface area (TPSA) is 12.0 Å². The van der Waals surface area contributed by atoms with Gasteiger partial charge >= 0.3 is 0 Å². The second-order valence-electron chi connectivity index (χ2n) is 6.14. The molecule has 0 aliphatic carbocycles. The Kier molecular flexibility index (Phi) is 7.81. The Hall–Kier alpha value is -0.820. The summed E-state index contributed by atoms with van der Waals surface area (Å²) in [5.74, 6) is 1.49. The van der Waals surface area contributed by atoms with E-state index in [1.165, 1.54) is 36.8 Å². The molecule has 1 atom stereocenters. The first kappa shape index (κ1) is 16.2. The summed E-state index contributed by atoms with van der Waals surface area (Å²) >= 11 is 0. The minimum atomic E-state index is 0.671. The van der Waals surface area contributed by atoms with Crippen LogP contribution in [0.15, 0.2) is 24.3 Å². The smallest absolute Gasteiger partial charge is 0.00201 e. The lowest BCUT2D eigenvalue weighted by Gasteiger charge is -2.19. The zero-order valence-corrected chi connectivity index (χ0v) is 13.2. The molecule has 0 aromatic heterocycles. The van der Waals surface area contributed by atoms with E-state index < -0.39 is 0 Å². The third kappa shape index (κ3) is 6.77. The van der Waals surface area contributed by atoms with Crippen molar-refractivity contribution in [2.45, 2.75) is 59.3 Å². The van der Waals surface area contributed by atoms with E-state index in [2.05, 4.69) is 57.3 Å². The predicted octanol–water partition coefficient (Wildman–Crippen LogP) is 4.90. The molecule has 0 aliphatic rings. The largest absolute Gasteiger partial charge is 0.316 e. The Morgan fingerprint density at radius 2 is 1.95 bits per heavy atom. The highest BCUT2D eigenvalue weighted by Crippen LogP contribution is 2.23. The van der Waals surface area contributed by atoms with E-state index in [0.29, 0.717) is 5.92 Å². The monoisotopic (exact) mass is 261 g/mol. The summed E-state index contributed by atoms with van der Waals surface area (Å²) in [5.41, 5.74) is 2.88.